The molecule has 4 rings (SSSR count). The standard InChI is InChI=1S/C23H29NO5/c1-13-21-15(11-20(27-4)22(28-5)23(21)29-6)9-17-16-12-19(26-3)18(25-2)10-14(16)7-8-24(13)17/h10-13,17H,7-9H2,1-6H3/t13-,17?/m0/s1. The minimum Gasteiger partial charge on any atom is -0.493 e. The fourth-order valence-corrected chi connectivity index (χ4v) is 4.97. The summed E-state index contributed by atoms with van der Waals surface area (Å²) in [4.78, 5) is 2.55. The molecule has 2 atom stereocenters. The lowest BCUT2D eigenvalue weighted by molar-refractivity contribution is 0.114. The molecule has 0 radical (unpaired) electrons. The summed E-state index contributed by atoms with van der Waals surface area (Å²) in [6, 6.07) is 6.82. The summed E-state index contributed by atoms with van der Waals surface area (Å²) in [6.45, 7) is 3.22. The van der Waals surface area contributed by atoms with Gasteiger partial charge in [0.25, 0.3) is 0 Å². The predicted molar refractivity (Wildman–Crippen MR) is 111 cm³/mol. The van der Waals surface area contributed by atoms with Crippen LogP contribution < -0.4 is 23.7 Å². The first-order valence-electron chi connectivity index (χ1n) is 9.90. The van der Waals surface area contributed by atoms with Gasteiger partial charge in [0, 0.05) is 24.2 Å². The van der Waals surface area contributed by atoms with Crippen LogP contribution in [-0.2, 0) is 12.8 Å². The van der Waals surface area contributed by atoms with Crippen LogP contribution in [0.4, 0.5) is 0 Å². The lowest BCUT2D eigenvalue weighted by Crippen LogP contribution is -2.42. The van der Waals surface area contributed by atoms with E-state index in [1.807, 2.05) is 0 Å². The Morgan fingerprint density at radius 2 is 1.38 bits per heavy atom. The summed E-state index contributed by atoms with van der Waals surface area (Å²) in [5.74, 6) is 3.69. The molecule has 0 saturated heterocycles. The molecule has 1 unspecified atom stereocenters. The number of methoxy groups -OCH3 is 5. The topological polar surface area (TPSA) is 49.4 Å². The maximum Gasteiger partial charge on any atom is 0.203 e. The van der Waals surface area contributed by atoms with Gasteiger partial charge in [-0.15, -0.1) is 0 Å². The van der Waals surface area contributed by atoms with Gasteiger partial charge in [0.2, 0.25) is 5.75 Å². The van der Waals surface area contributed by atoms with Gasteiger partial charge in [-0.05, 0) is 54.7 Å². The highest BCUT2D eigenvalue weighted by Gasteiger charge is 2.40. The van der Waals surface area contributed by atoms with Crippen LogP contribution in [0.5, 0.6) is 28.7 Å². The lowest BCUT2D eigenvalue weighted by atomic mass is 9.80. The van der Waals surface area contributed by atoms with Crippen LogP contribution in [0.25, 0.3) is 0 Å². The first kappa shape index (κ1) is 19.7. The molecule has 6 heteroatoms. The third kappa shape index (κ3) is 2.97. The molecule has 6 nitrogen and oxygen atoms in total. The Balaban J connectivity index is 1.85. The summed E-state index contributed by atoms with van der Waals surface area (Å²) in [5.41, 5.74) is 5.05. The Kier molecular flexibility index (Phi) is 5.21. The van der Waals surface area contributed by atoms with Crippen molar-refractivity contribution in [2.75, 3.05) is 42.1 Å². The van der Waals surface area contributed by atoms with Crippen molar-refractivity contribution in [2.24, 2.45) is 0 Å². The van der Waals surface area contributed by atoms with Crippen molar-refractivity contribution < 1.29 is 23.7 Å². The van der Waals surface area contributed by atoms with Crippen molar-refractivity contribution in [1.82, 2.24) is 4.90 Å². The lowest BCUT2D eigenvalue weighted by Gasteiger charge is -2.46. The average molecular weight is 399 g/mol. The summed E-state index contributed by atoms with van der Waals surface area (Å²) < 4.78 is 28.1. The highest BCUT2D eigenvalue weighted by atomic mass is 16.5. The van der Waals surface area contributed by atoms with Gasteiger partial charge in [-0.25, -0.2) is 0 Å². The van der Waals surface area contributed by atoms with Gasteiger partial charge >= 0.3 is 0 Å². The molecule has 2 heterocycles. The van der Waals surface area contributed by atoms with Gasteiger partial charge < -0.3 is 23.7 Å². The van der Waals surface area contributed by atoms with E-state index >= 15 is 0 Å². The SMILES string of the molecule is COc1cc2c(cc1OC)C1Cc3cc(OC)c(OC)c(OC)c3[C@H](C)N1CC2. The quantitative estimate of drug-likeness (QED) is 0.759. The van der Waals surface area contributed by atoms with Crippen molar-refractivity contribution in [3.8, 4) is 28.7 Å². The van der Waals surface area contributed by atoms with E-state index in [1.165, 1.54) is 22.3 Å². The van der Waals surface area contributed by atoms with Crippen LogP contribution in [0.2, 0.25) is 0 Å². The van der Waals surface area contributed by atoms with Crippen molar-refractivity contribution in [2.45, 2.75) is 31.8 Å². The van der Waals surface area contributed by atoms with E-state index in [4.69, 9.17) is 23.7 Å². The van der Waals surface area contributed by atoms with Crippen LogP contribution in [0.1, 0.15) is 41.3 Å². The number of fused-ring (bicyclic) bond motifs is 4. The zero-order valence-corrected chi connectivity index (χ0v) is 18.0. The Bertz CT molecular complexity index is 926. The van der Waals surface area contributed by atoms with Gasteiger partial charge in [-0.1, -0.05) is 0 Å². The molecule has 0 amide bonds. The van der Waals surface area contributed by atoms with E-state index in [0.717, 1.165) is 36.6 Å². The Labute approximate surface area is 172 Å². The average Bonchev–Trinajstić information content (AvgIpc) is 2.76. The maximum absolute atomic E-state index is 5.80. The predicted octanol–water partition coefficient (Wildman–Crippen LogP) is 3.95. The highest BCUT2D eigenvalue weighted by Crippen LogP contribution is 2.52. The molecule has 0 saturated carbocycles. The third-order valence-corrected chi connectivity index (χ3v) is 6.33. The Hall–Kier alpha value is -2.60. The van der Waals surface area contributed by atoms with Crippen molar-refractivity contribution in [3.05, 3.63) is 40.5 Å². The number of ether oxygens (including phenoxy) is 5. The summed E-state index contributed by atoms with van der Waals surface area (Å²) in [7, 11) is 8.38. The largest absolute Gasteiger partial charge is 0.493 e. The minimum absolute atomic E-state index is 0.194. The monoisotopic (exact) mass is 399 g/mol. The summed E-state index contributed by atoms with van der Waals surface area (Å²) in [5, 5.41) is 0. The van der Waals surface area contributed by atoms with Gasteiger partial charge in [-0.3, -0.25) is 4.90 Å². The zero-order chi connectivity index (χ0) is 20.7. The van der Waals surface area contributed by atoms with E-state index in [-0.39, 0.29) is 12.1 Å². The highest BCUT2D eigenvalue weighted by molar-refractivity contribution is 5.62. The van der Waals surface area contributed by atoms with E-state index in [2.05, 4.69) is 30.0 Å². The van der Waals surface area contributed by atoms with Gasteiger partial charge in [0.15, 0.2) is 23.0 Å². The van der Waals surface area contributed by atoms with Gasteiger partial charge in [0.1, 0.15) is 0 Å². The Morgan fingerprint density at radius 3 is 2.00 bits per heavy atom. The van der Waals surface area contributed by atoms with Crippen LogP contribution in [0, 0.1) is 0 Å². The van der Waals surface area contributed by atoms with Gasteiger partial charge in [-0.2, -0.15) is 0 Å². The molecular formula is C23H29NO5. The zero-order valence-electron chi connectivity index (χ0n) is 18.0. The van der Waals surface area contributed by atoms with E-state index < -0.39 is 0 Å². The van der Waals surface area contributed by atoms with E-state index in [1.54, 1.807) is 35.5 Å². The molecule has 0 bridgehead atoms. The fourth-order valence-electron chi connectivity index (χ4n) is 4.97. The van der Waals surface area contributed by atoms with Crippen molar-refractivity contribution in [1.29, 1.82) is 0 Å². The van der Waals surface area contributed by atoms with Crippen LogP contribution in [0.3, 0.4) is 0 Å². The second-order valence-corrected chi connectivity index (χ2v) is 7.51. The Morgan fingerprint density at radius 1 is 0.759 bits per heavy atom. The third-order valence-electron chi connectivity index (χ3n) is 6.33. The number of benzene rings is 2. The molecule has 0 N–H and O–H groups in total. The maximum atomic E-state index is 5.80. The second-order valence-electron chi connectivity index (χ2n) is 7.51. The molecule has 2 aromatic rings. The number of hydrogen-bond acceptors (Lipinski definition) is 6. The van der Waals surface area contributed by atoms with Crippen LogP contribution >= 0.6 is 0 Å². The van der Waals surface area contributed by atoms with Crippen molar-refractivity contribution >= 4 is 0 Å². The van der Waals surface area contributed by atoms with Crippen LogP contribution in [-0.4, -0.2) is 47.0 Å². The first-order chi connectivity index (χ1) is 14.1. The molecule has 0 fully saturated rings. The second kappa shape index (κ2) is 7.67. The molecule has 156 valence electrons. The molecule has 0 aliphatic carbocycles. The number of rotatable bonds is 5. The first-order valence-corrected chi connectivity index (χ1v) is 9.90. The molecule has 2 aliphatic rings. The molecule has 2 aromatic carbocycles. The smallest absolute Gasteiger partial charge is 0.203 e. The van der Waals surface area contributed by atoms with Crippen LogP contribution in [0.15, 0.2) is 18.2 Å². The molecular weight excluding hydrogens is 370 g/mol. The molecule has 0 spiro atoms. The van der Waals surface area contributed by atoms with Gasteiger partial charge in [0.05, 0.1) is 35.5 Å². The molecule has 2 aliphatic heterocycles. The van der Waals surface area contributed by atoms with Crippen molar-refractivity contribution in [3.63, 3.8) is 0 Å². The normalized spacial score (nSPS) is 20.2. The number of hydrogen-bond donors (Lipinski definition) is 0. The fraction of sp³-hybridized carbons (Fsp3) is 0.478. The molecule has 0 aromatic heterocycles. The summed E-state index contributed by atoms with van der Waals surface area (Å²) in [6.07, 6.45) is 1.85. The number of nitrogens with zero attached hydrogens (tertiary/aromatic N) is 1. The molecule has 29 heavy (non-hydrogen) atoms. The minimum atomic E-state index is 0.194. The van der Waals surface area contributed by atoms with E-state index in [0.29, 0.717) is 11.5 Å². The van der Waals surface area contributed by atoms with E-state index in [9.17, 15) is 0 Å². The summed E-state index contributed by atoms with van der Waals surface area (Å²) >= 11 is 0.